The van der Waals surface area contributed by atoms with Gasteiger partial charge in [0, 0.05) is 23.9 Å². The van der Waals surface area contributed by atoms with Crippen LogP contribution in [0.3, 0.4) is 0 Å². The Morgan fingerprint density at radius 3 is 2.84 bits per heavy atom. The van der Waals surface area contributed by atoms with Crippen LogP contribution in [0.15, 0.2) is 48.7 Å². The predicted molar refractivity (Wildman–Crippen MR) is 76.8 cm³/mol. The molecule has 0 aliphatic carbocycles. The first-order valence-corrected chi connectivity index (χ1v) is 6.28. The number of aryl methyl sites for hydroxylation is 1. The average molecular weight is 254 g/mol. The van der Waals surface area contributed by atoms with Crippen molar-refractivity contribution < 1.29 is 4.39 Å². The van der Waals surface area contributed by atoms with Gasteiger partial charge in [-0.05, 0) is 53.8 Å². The van der Waals surface area contributed by atoms with E-state index in [1.807, 2.05) is 25.3 Å². The third kappa shape index (κ3) is 2.60. The van der Waals surface area contributed by atoms with E-state index in [0.29, 0.717) is 6.54 Å². The second-order valence-electron chi connectivity index (χ2n) is 4.77. The van der Waals surface area contributed by atoms with E-state index in [1.165, 1.54) is 17.5 Å². The fraction of sp³-hybridized carbons (Fsp3) is 0.125. The molecule has 1 aromatic heterocycles. The Morgan fingerprint density at radius 1 is 1.11 bits per heavy atom. The maximum atomic E-state index is 13.3. The van der Waals surface area contributed by atoms with Crippen molar-refractivity contribution in [2.75, 3.05) is 5.32 Å². The lowest BCUT2D eigenvalue weighted by Gasteiger charge is -2.08. The molecular weight excluding hydrogens is 239 g/mol. The van der Waals surface area contributed by atoms with Crippen molar-refractivity contribution in [2.45, 2.75) is 13.5 Å². The number of aromatic nitrogens is 1. The molecule has 96 valence electrons. The smallest absolute Gasteiger partial charge is 0.125 e. The van der Waals surface area contributed by atoms with Crippen LogP contribution in [-0.4, -0.2) is 4.98 Å². The maximum absolute atomic E-state index is 13.3. The van der Waals surface area contributed by atoms with Gasteiger partial charge in [0.1, 0.15) is 5.82 Å². The molecule has 0 saturated heterocycles. The molecule has 0 radical (unpaired) electrons. The van der Waals surface area contributed by atoms with Crippen LogP contribution >= 0.6 is 0 Å². The van der Waals surface area contributed by atoms with Gasteiger partial charge in [0.05, 0.1) is 0 Å². The molecule has 3 rings (SSSR count). The normalized spacial score (nSPS) is 10.8. The van der Waals surface area contributed by atoms with Gasteiger partial charge in [-0.3, -0.25) is 0 Å². The van der Waals surface area contributed by atoms with Crippen LogP contribution in [0.25, 0.3) is 10.9 Å². The molecule has 19 heavy (non-hydrogen) atoms. The molecule has 0 saturated carbocycles. The van der Waals surface area contributed by atoms with Crippen molar-refractivity contribution >= 4 is 16.6 Å². The Balaban J connectivity index is 1.77. The molecule has 2 N–H and O–H groups in total. The van der Waals surface area contributed by atoms with E-state index in [1.54, 1.807) is 0 Å². The lowest BCUT2D eigenvalue weighted by Crippen LogP contribution is -2.00. The van der Waals surface area contributed by atoms with Crippen molar-refractivity contribution in [2.24, 2.45) is 0 Å². The molecule has 0 spiro atoms. The van der Waals surface area contributed by atoms with E-state index in [4.69, 9.17) is 0 Å². The number of rotatable bonds is 3. The maximum Gasteiger partial charge on any atom is 0.125 e. The van der Waals surface area contributed by atoms with E-state index in [2.05, 4.69) is 28.5 Å². The highest BCUT2D eigenvalue weighted by atomic mass is 19.1. The summed E-state index contributed by atoms with van der Waals surface area (Å²) < 4.78 is 13.3. The van der Waals surface area contributed by atoms with Crippen molar-refractivity contribution in [3.05, 3.63) is 65.6 Å². The van der Waals surface area contributed by atoms with Crippen LogP contribution in [0.1, 0.15) is 11.1 Å². The number of halogens is 1. The average Bonchev–Trinajstić information content (AvgIpc) is 2.82. The summed E-state index contributed by atoms with van der Waals surface area (Å²) in [5.41, 5.74) is 4.01. The highest BCUT2D eigenvalue weighted by Crippen LogP contribution is 2.17. The number of H-pyrrole nitrogens is 1. The van der Waals surface area contributed by atoms with Crippen LogP contribution in [-0.2, 0) is 6.54 Å². The predicted octanol–water partition coefficient (Wildman–Crippen LogP) is 4.23. The first kappa shape index (κ1) is 11.8. The Kier molecular flexibility index (Phi) is 2.95. The van der Waals surface area contributed by atoms with Gasteiger partial charge in [0.2, 0.25) is 0 Å². The van der Waals surface area contributed by atoms with Gasteiger partial charge in [-0.25, -0.2) is 4.39 Å². The first-order valence-electron chi connectivity index (χ1n) is 6.28. The van der Waals surface area contributed by atoms with E-state index < -0.39 is 0 Å². The van der Waals surface area contributed by atoms with Gasteiger partial charge in [0.25, 0.3) is 0 Å². The molecule has 0 amide bonds. The van der Waals surface area contributed by atoms with Crippen LogP contribution < -0.4 is 5.32 Å². The van der Waals surface area contributed by atoms with Gasteiger partial charge < -0.3 is 10.3 Å². The summed E-state index contributed by atoms with van der Waals surface area (Å²) in [6, 6.07) is 13.3. The van der Waals surface area contributed by atoms with E-state index in [-0.39, 0.29) is 5.82 Å². The summed E-state index contributed by atoms with van der Waals surface area (Å²) >= 11 is 0. The molecule has 0 aliphatic rings. The Labute approximate surface area is 111 Å². The summed E-state index contributed by atoms with van der Waals surface area (Å²) in [6.07, 6.45) is 1.93. The Hall–Kier alpha value is -2.29. The van der Waals surface area contributed by atoms with Crippen molar-refractivity contribution in [1.82, 2.24) is 4.98 Å². The quantitative estimate of drug-likeness (QED) is 0.719. The SMILES string of the molecule is Cc1cc(F)cc(NCc2ccc3cc[nH]c3c2)c1. The summed E-state index contributed by atoms with van der Waals surface area (Å²) in [5.74, 6) is -0.206. The summed E-state index contributed by atoms with van der Waals surface area (Å²) in [6.45, 7) is 2.57. The molecule has 1 heterocycles. The Bertz CT molecular complexity index is 695. The van der Waals surface area contributed by atoms with E-state index in [9.17, 15) is 4.39 Å². The second kappa shape index (κ2) is 4.76. The summed E-state index contributed by atoms with van der Waals surface area (Å²) in [7, 11) is 0. The molecule has 0 fully saturated rings. The van der Waals surface area contributed by atoms with Gasteiger partial charge in [0.15, 0.2) is 0 Å². The lowest BCUT2D eigenvalue weighted by atomic mass is 10.1. The monoisotopic (exact) mass is 254 g/mol. The number of anilines is 1. The van der Waals surface area contributed by atoms with E-state index in [0.717, 1.165) is 22.3 Å². The number of aromatic amines is 1. The molecule has 3 heteroatoms. The molecule has 0 bridgehead atoms. The molecule has 0 atom stereocenters. The van der Waals surface area contributed by atoms with Gasteiger partial charge in [-0.15, -0.1) is 0 Å². The minimum absolute atomic E-state index is 0.206. The first-order chi connectivity index (χ1) is 9.20. The molecule has 0 unspecified atom stereocenters. The van der Waals surface area contributed by atoms with Gasteiger partial charge in [-0.1, -0.05) is 12.1 Å². The highest BCUT2D eigenvalue weighted by molar-refractivity contribution is 5.79. The summed E-state index contributed by atoms with van der Waals surface area (Å²) in [4.78, 5) is 3.19. The van der Waals surface area contributed by atoms with Crippen LogP contribution in [0.4, 0.5) is 10.1 Å². The van der Waals surface area contributed by atoms with Gasteiger partial charge in [-0.2, -0.15) is 0 Å². The van der Waals surface area contributed by atoms with Crippen molar-refractivity contribution in [3.63, 3.8) is 0 Å². The molecule has 2 nitrogen and oxygen atoms in total. The standard InChI is InChI=1S/C16H15FN2/c1-11-6-14(17)9-15(7-11)19-10-12-2-3-13-4-5-18-16(13)8-12/h2-9,18-19H,10H2,1H3. The number of fused-ring (bicyclic) bond motifs is 1. The molecule has 2 aromatic carbocycles. The topological polar surface area (TPSA) is 27.8 Å². The van der Waals surface area contributed by atoms with Crippen molar-refractivity contribution in [1.29, 1.82) is 0 Å². The van der Waals surface area contributed by atoms with E-state index >= 15 is 0 Å². The summed E-state index contributed by atoms with van der Waals surface area (Å²) in [5, 5.41) is 4.44. The molecular formula is C16H15FN2. The number of hydrogen-bond acceptors (Lipinski definition) is 1. The minimum atomic E-state index is -0.206. The third-order valence-corrected chi connectivity index (χ3v) is 3.16. The molecule has 3 aromatic rings. The fourth-order valence-corrected chi connectivity index (χ4v) is 2.25. The van der Waals surface area contributed by atoms with Crippen LogP contribution in [0.2, 0.25) is 0 Å². The Morgan fingerprint density at radius 2 is 2.00 bits per heavy atom. The zero-order chi connectivity index (χ0) is 13.2. The van der Waals surface area contributed by atoms with Crippen LogP contribution in [0, 0.1) is 12.7 Å². The third-order valence-electron chi connectivity index (χ3n) is 3.16. The number of hydrogen-bond donors (Lipinski definition) is 2. The zero-order valence-corrected chi connectivity index (χ0v) is 10.7. The number of benzene rings is 2. The fourth-order valence-electron chi connectivity index (χ4n) is 2.25. The largest absolute Gasteiger partial charge is 0.381 e. The zero-order valence-electron chi connectivity index (χ0n) is 10.7. The van der Waals surface area contributed by atoms with Crippen molar-refractivity contribution in [3.8, 4) is 0 Å². The minimum Gasteiger partial charge on any atom is -0.381 e. The van der Waals surface area contributed by atoms with Gasteiger partial charge >= 0.3 is 0 Å². The second-order valence-corrected chi connectivity index (χ2v) is 4.77. The lowest BCUT2D eigenvalue weighted by molar-refractivity contribution is 0.627. The molecule has 0 aliphatic heterocycles. The highest BCUT2D eigenvalue weighted by Gasteiger charge is 2.00. The number of nitrogens with one attached hydrogen (secondary N) is 2. The van der Waals surface area contributed by atoms with Crippen LogP contribution in [0.5, 0.6) is 0 Å².